The fourth-order valence-electron chi connectivity index (χ4n) is 2.76. The molecule has 0 heterocycles. The second-order valence-electron chi connectivity index (χ2n) is 7.91. The van der Waals surface area contributed by atoms with Gasteiger partial charge in [-0.05, 0) is 26.2 Å². The number of aliphatic imine (C=N–C) groups is 1. The topological polar surface area (TPSA) is 321 Å². The number of carboxylic acids is 1. The van der Waals surface area contributed by atoms with Gasteiger partial charge in [-0.15, -0.1) is 0 Å². The number of nitrogens with zero attached hydrogens (tertiary/aromatic N) is 1. The molecule has 0 spiro atoms. The summed E-state index contributed by atoms with van der Waals surface area (Å²) in [4.78, 5) is 75.4. The summed E-state index contributed by atoms with van der Waals surface area (Å²) < 4.78 is 0. The summed E-state index contributed by atoms with van der Waals surface area (Å²) in [5, 5.41) is 25.5. The Balaban J connectivity index is 5.72. The SMILES string of the molecule is CC(O)C(N)C(=O)NC(CCC(N)=O)C(=O)NC(CCCN=C(N)N)C(=O)NC(CC(N)=O)C(=O)O. The molecule has 17 heteroatoms. The van der Waals surface area contributed by atoms with Crippen molar-refractivity contribution in [3.63, 3.8) is 0 Å². The molecule has 5 atom stereocenters. The highest BCUT2D eigenvalue weighted by Gasteiger charge is 2.31. The summed E-state index contributed by atoms with van der Waals surface area (Å²) in [6, 6.07) is -5.80. The van der Waals surface area contributed by atoms with Crippen LogP contribution in [0.2, 0.25) is 0 Å². The van der Waals surface area contributed by atoms with Gasteiger partial charge >= 0.3 is 5.97 Å². The number of primary amides is 2. The number of hydrogen-bond donors (Lipinski definition) is 10. The Labute approximate surface area is 206 Å². The van der Waals surface area contributed by atoms with Crippen molar-refractivity contribution in [3.8, 4) is 0 Å². The van der Waals surface area contributed by atoms with Gasteiger partial charge in [0.05, 0.1) is 12.5 Å². The highest BCUT2D eigenvalue weighted by Crippen LogP contribution is 2.05. The number of aliphatic hydroxyl groups excluding tert-OH is 1. The highest BCUT2D eigenvalue weighted by atomic mass is 16.4. The van der Waals surface area contributed by atoms with E-state index in [1.54, 1.807) is 0 Å². The number of aliphatic carboxylic acids is 1. The normalized spacial score (nSPS) is 14.8. The molecule has 5 amide bonds. The quantitative estimate of drug-likeness (QED) is 0.0492. The molecule has 0 bridgehead atoms. The molecule has 0 fully saturated rings. The minimum atomic E-state index is -1.67. The Morgan fingerprint density at radius 2 is 1.31 bits per heavy atom. The smallest absolute Gasteiger partial charge is 0.326 e. The van der Waals surface area contributed by atoms with Crippen LogP contribution in [0.15, 0.2) is 4.99 Å². The molecule has 5 unspecified atom stereocenters. The van der Waals surface area contributed by atoms with E-state index in [0.717, 1.165) is 0 Å². The van der Waals surface area contributed by atoms with Gasteiger partial charge in [0.1, 0.15) is 24.2 Å². The number of amides is 5. The molecule has 0 aliphatic rings. The molecule has 0 aromatic rings. The zero-order valence-electron chi connectivity index (χ0n) is 19.8. The summed E-state index contributed by atoms with van der Waals surface area (Å²) >= 11 is 0. The predicted octanol–water partition coefficient (Wildman–Crippen LogP) is -5.57. The molecule has 0 aliphatic heterocycles. The van der Waals surface area contributed by atoms with Crippen LogP contribution in [0.25, 0.3) is 0 Å². The van der Waals surface area contributed by atoms with Gasteiger partial charge in [0.25, 0.3) is 0 Å². The number of carboxylic acid groups (broad SMARTS) is 1. The third-order valence-corrected chi connectivity index (χ3v) is 4.73. The van der Waals surface area contributed by atoms with Crippen molar-refractivity contribution in [2.75, 3.05) is 6.54 Å². The molecule has 0 saturated carbocycles. The summed E-state index contributed by atoms with van der Waals surface area (Å²) in [6.45, 7) is 1.32. The van der Waals surface area contributed by atoms with Crippen molar-refractivity contribution in [2.45, 2.75) is 69.3 Å². The number of guanidine groups is 1. The Kier molecular flexibility index (Phi) is 14.1. The Bertz CT molecular complexity index is 845. The molecule has 15 N–H and O–H groups in total. The first-order valence-corrected chi connectivity index (χ1v) is 10.8. The average Bonchev–Trinajstić information content (AvgIpc) is 2.76. The van der Waals surface area contributed by atoms with Crippen LogP contribution in [-0.2, 0) is 28.8 Å². The molecular formula is C19H35N9O8. The first-order chi connectivity index (χ1) is 16.6. The van der Waals surface area contributed by atoms with Gasteiger partial charge in [-0.2, -0.15) is 0 Å². The van der Waals surface area contributed by atoms with Crippen molar-refractivity contribution in [3.05, 3.63) is 0 Å². The van der Waals surface area contributed by atoms with Gasteiger partial charge < -0.3 is 54.8 Å². The van der Waals surface area contributed by atoms with Crippen molar-refractivity contribution in [1.29, 1.82) is 0 Å². The highest BCUT2D eigenvalue weighted by molar-refractivity contribution is 5.95. The first kappa shape index (κ1) is 32.0. The number of rotatable bonds is 17. The minimum absolute atomic E-state index is 0.0662. The molecule has 0 aromatic heterocycles. The molecule has 17 nitrogen and oxygen atoms in total. The lowest BCUT2D eigenvalue weighted by atomic mass is 10.1. The Hall–Kier alpha value is -3.99. The summed E-state index contributed by atoms with van der Waals surface area (Å²) in [5.41, 5.74) is 26.2. The van der Waals surface area contributed by atoms with Gasteiger partial charge in [-0.1, -0.05) is 0 Å². The number of nitrogens with two attached hydrogens (primary N) is 5. The van der Waals surface area contributed by atoms with Crippen LogP contribution in [0.3, 0.4) is 0 Å². The van der Waals surface area contributed by atoms with Crippen molar-refractivity contribution in [2.24, 2.45) is 33.7 Å². The fraction of sp³-hybridized carbons (Fsp3) is 0.632. The van der Waals surface area contributed by atoms with Crippen LogP contribution >= 0.6 is 0 Å². The molecule has 0 rings (SSSR count). The van der Waals surface area contributed by atoms with E-state index in [1.807, 2.05) is 0 Å². The van der Waals surface area contributed by atoms with Crippen LogP contribution in [-0.4, -0.2) is 88.5 Å². The lowest BCUT2D eigenvalue weighted by molar-refractivity contribution is -0.143. The maximum Gasteiger partial charge on any atom is 0.326 e. The second-order valence-corrected chi connectivity index (χ2v) is 7.91. The van der Waals surface area contributed by atoms with Crippen LogP contribution in [0, 0.1) is 0 Å². The summed E-state index contributed by atoms with van der Waals surface area (Å²) in [6.07, 6.45) is -2.46. The average molecular weight is 518 g/mol. The van der Waals surface area contributed by atoms with Gasteiger partial charge in [0.2, 0.25) is 29.5 Å². The lowest BCUT2D eigenvalue weighted by Gasteiger charge is -2.25. The van der Waals surface area contributed by atoms with E-state index in [2.05, 4.69) is 20.9 Å². The van der Waals surface area contributed by atoms with Gasteiger partial charge in [0, 0.05) is 13.0 Å². The van der Waals surface area contributed by atoms with E-state index in [-0.39, 0.29) is 38.2 Å². The molecule has 0 saturated heterocycles. The van der Waals surface area contributed by atoms with E-state index >= 15 is 0 Å². The van der Waals surface area contributed by atoms with E-state index in [1.165, 1.54) is 6.92 Å². The standard InChI is InChI=1S/C19H35N9O8/c1-8(29)14(22)17(34)27-10(4-5-12(20)30)16(33)26-9(3-2-6-25-19(23)24)15(32)28-11(18(35)36)7-13(21)31/h8-11,14,29H,2-7,22H2,1H3,(H2,20,30)(H2,21,31)(H,26,33)(H,27,34)(H,28,32)(H,35,36)(H4,23,24,25). The number of aliphatic hydroxyl groups is 1. The second kappa shape index (κ2) is 15.8. The first-order valence-electron chi connectivity index (χ1n) is 10.8. The van der Waals surface area contributed by atoms with Crippen molar-refractivity contribution in [1.82, 2.24) is 16.0 Å². The maximum absolute atomic E-state index is 12.9. The lowest BCUT2D eigenvalue weighted by Crippen LogP contribution is -2.58. The van der Waals surface area contributed by atoms with Gasteiger partial charge in [0.15, 0.2) is 5.96 Å². The number of carbonyl (C=O) groups excluding carboxylic acids is 5. The Morgan fingerprint density at radius 3 is 1.75 bits per heavy atom. The van der Waals surface area contributed by atoms with Gasteiger partial charge in [-0.25, -0.2) is 4.79 Å². The van der Waals surface area contributed by atoms with Crippen molar-refractivity contribution >= 4 is 41.5 Å². The van der Waals surface area contributed by atoms with Gasteiger partial charge in [-0.3, -0.25) is 29.0 Å². The van der Waals surface area contributed by atoms with Crippen molar-refractivity contribution < 1.29 is 39.0 Å². The third-order valence-electron chi connectivity index (χ3n) is 4.73. The van der Waals surface area contributed by atoms with Crippen LogP contribution in [0.5, 0.6) is 0 Å². The number of hydrogen-bond acceptors (Lipinski definition) is 9. The fourth-order valence-corrected chi connectivity index (χ4v) is 2.76. The number of nitrogens with one attached hydrogen (secondary N) is 3. The molecule has 36 heavy (non-hydrogen) atoms. The molecule has 204 valence electrons. The Morgan fingerprint density at radius 1 is 0.806 bits per heavy atom. The van der Waals surface area contributed by atoms with E-state index in [4.69, 9.17) is 28.7 Å². The summed E-state index contributed by atoms with van der Waals surface area (Å²) in [5.74, 6) is -6.31. The number of carbonyl (C=O) groups is 6. The molecule has 0 aromatic carbocycles. The van der Waals surface area contributed by atoms with Crippen LogP contribution < -0.4 is 44.6 Å². The largest absolute Gasteiger partial charge is 0.480 e. The molecule has 0 aliphatic carbocycles. The zero-order valence-corrected chi connectivity index (χ0v) is 19.8. The van der Waals surface area contributed by atoms with E-state index < -0.39 is 72.2 Å². The summed E-state index contributed by atoms with van der Waals surface area (Å²) in [7, 11) is 0. The molecule has 0 radical (unpaired) electrons. The van der Waals surface area contributed by atoms with Crippen LogP contribution in [0.4, 0.5) is 0 Å². The third kappa shape index (κ3) is 13.0. The predicted molar refractivity (Wildman–Crippen MR) is 125 cm³/mol. The molecular weight excluding hydrogens is 482 g/mol. The van der Waals surface area contributed by atoms with Crippen LogP contribution in [0.1, 0.15) is 39.0 Å². The minimum Gasteiger partial charge on any atom is -0.480 e. The monoisotopic (exact) mass is 517 g/mol. The maximum atomic E-state index is 12.9. The van der Waals surface area contributed by atoms with E-state index in [9.17, 15) is 39.0 Å². The zero-order chi connectivity index (χ0) is 28.0. The van der Waals surface area contributed by atoms with E-state index in [0.29, 0.717) is 0 Å².